The van der Waals surface area contributed by atoms with Crippen molar-refractivity contribution in [1.82, 2.24) is 4.57 Å². The number of fused-ring (bicyclic) bond motifs is 1. The lowest BCUT2D eigenvalue weighted by atomic mass is 10.1. The zero-order valence-electron chi connectivity index (χ0n) is 13.8. The van der Waals surface area contributed by atoms with Crippen LogP contribution in [-0.2, 0) is 10.9 Å². The van der Waals surface area contributed by atoms with Gasteiger partial charge in [0.1, 0.15) is 10.5 Å². The maximum absolute atomic E-state index is 13.3. The molecule has 0 aliphatic carbocycles. The van der Waals surface area contributed by atoms with E-state index in [9.17, 15) is 18.0 Å². The van der Waals surface area contributed by atoms with E-state index in [0.717, 1.165) is 0 Å². The van der Waals surface area contributed by atoms with Gasteiger partial charge in [-0.2, -0.15) is 13.2 Å². The second-order valence-electron chi connectivity index (χ2n) is 6.57. The molecule has 3 aromatic rings. The van der Waals surface area contributed by atoms with Crippen molar-refractivity contribution in [3.8, 4) is 11.1 Å². The summed E-state index contributed by atoms with van der Waals surface area (Å²) in [5.41, 5.74) is 0.222. The normalized spacial score (nSPS) is 12.6. The zero-order chi connectivity index (χ0) is 18.4. The Labute approximate surface area is 146 Å². The summed E-state index contributed by atoms with van der Waals surface area (Å²) in [7, 11) is 0. The number of hydrogen-bond acceptors (Lipinski definition) is 3. The third-order valence-corrected chi connectivity index (χ3v) is 4.47. The maximum Gasteiger partial charge on any atom is 0.426 e. The van der Waals surface area contributed by atoms with E-state index >= 15 is 0 Å². The van der Waals surface area contributed by atoms with E-state index in [1.54, 1.807) is 45.0 Å². The van der Waals surface area contributed by atoms with Gasteiger partial charge in [-0.05, 0) is 38.3 Å². The molecule has 0 saturated carbocycles. The van der Waals surface area contributed by atoms with Crippen LogP contribution in [0.4, 0.5) is 18.0 Å². The van der Waals surface area contributed by atoms with E-state index in [1.165, 1.54) is 22.2 Å². The van der Waals surface area contributed by atoms with Gasteiger partial charge >= 0.3 is 12.3 Å². The third kappa shape index (κ3) is 3.42. The Kier molecular flexibility index (Phi) is 4.15. The minimum atomic E-state index is -4.45. The molecular weight excluding hydrogens is 351 g/mol. The van der Waals surface area contributed by atoms with Crippen LogP contribution in [0.2, 0.25) is 0 Å². The number of nitrogens with zero attached hydrogens (tertiary/aromatic N) is 1. The highest BCUT2D eigenvalue weighted by Crippen LogP contribution is 2.43. The average Bonchev–Trinajstić information content (AvgIpc) is 3.09. The highest BCUT2D eigenvalue weighted by atomic mass is 32.1. The van der Waals surface area contributed by atoms with Crippen molar-refractivity contribution in [2.45, 2.75) is 32.5 Å². The molecular formula is C18H16F3NO2S. The van der Waals surface area contributed by atoms with E-state index in [4.69, 9.17) is 4.74 Å². The van der Waals surface area contributed by atoms with Gasteiger partial charge in [0.15, 0.2) is 0 Å². The van der Waals surface area contributed by atoms with Gasteiger partial charge in [0.2, 0.25) is 0 Å². The van der Waals surface area contributed by atoms with Gasteiger partial charge in [-0.3, -0.25) is 4.57 Å². The zero-order valence-corrected chi connectivity index (χ0v) is 14.7. The highest BCUT2D eigenvalue weighted by molar-refractivity contribution is 7.10. The molecule has 3 rings (SSSR count). The molecule has 0 fully saturated rings. The van der Waals surface area contributed by atoms with Crippen molar-refractivity contribution in [2.24, 2.45) is 0 Å². The fraction of sp³-hybridized carbons (Fsp3) is 0.278. The summed E-state index contributed by atoms with van der Waals surface area (Å²) in [5.74, 6) is 0. The number of rotatable bonds is 1. The van der Waals surface area contributed by atoms with Crippen molar-refractivity contribution in [3.63, 3.8) is 0 Å². The Morgan fingerprint density at radius 2 is 1.76 bits per heavy atom. The molecule has 0 N–H and O–H groups in total. The van der Waals surface area contributed by atoms with Crippen LogP contribution in [0.1, 0.15) is 25.6 Å². The SMILES string of the molecule is CC(C)(C)OC(=O)n1cc(-c2ccsc2C(F)(F)F)c2ccccc21. The first-order chi connectivity index (χ1) is 11.6. The summed E-state index contributed by atoms with van der Waals surface area (Å²) in [6, 6.07) is 8.26. The lowest BCUT2D eigenvalue weighted by molar-refractivity contribution is -0.133. The molecule has 0 amide bonds. The molecule has 0 atom stereocenters. The van der Waals surface area contributed by atoms with E-state index < -0.39 is 22.7 Å². The highest BCUT2D eigenvalue weighted by Gasteiger charge is 2.36. The third-order valence-electron chi connectivity index (χ3n) is 3.52. The predicted molar refractivity (Wildman–Crippen MR) is 91.9 cm³/mol. The molecule has 7 heteroatoms. The first-order valence-corrected chi connectivity index (χ1v) is 8.44. The van der Waals surface area contributed by atoms with E-state index in [1.807, 2.05) is 0 Å². The molecule has 0 unspecified atom stereocenters. The van der Waals surface area contributed by atoms with Gasteiger partial charge in [-0.1, -0.05) is 18.2 Å². The second kappa shape index (κ2) is 5.91. The number of carbonyl (C=O) groups is 1. The van der Waals surface area contributed by atoms with Crippen molar-refractivity contribution >= 4 is 28.3 Å². The number of hydrogen-bond donors (Lipinski definition) is 0. The number of thiophene rings is 1. The van der Waals surface area contributed by atoms with Crippen LogP contribution in [0, 0.1) is 0 Å². The van der Waals surface area contributed by atoms with Crippen LogP contribution >= 0.6 is 11.3 Å². The first-order valence-electron chi connectivity index (χ1n) is 7.56. The Bertz CT molecular complexity index is 932. The first kappa shape index (κ1) is 17.5. The molecule has 0 radical (unpaired) electrons. The summed E-state index contributed by atoms with van der Waals surface area (Å²) in [5, 5.41) is 1.97. The van der Waals surface area contributed by atoms with Gasteiger partial charge in [0, 0.05) is 22.7 Å². The molecule has 0 spiro atoms. The van der Waals surface area contributed by atoms with Gasteiger partial charge in [0.05, 0.1) is 5.52 Å². The number of ether oxygens (including phenoxy) is 1. The molecule has 2 heterocycles. The van der Waals surface area contributed by atoms with Crippen LogP contribution in [0.3, 0.4) is 0 Å². The summed E-state index contributed by atoms with van der Waals surface area (Å²) in [6.45, 7) is 5.20. The van der Waals surface area contributed by atoms with E-state index in [2.05, 4.69) is 0 Å². The molecule has 132 valence electrons. The number of benzene rings is 1. The lowest BCUT2D eigenvalue weighted by Gasteiger charge is -2.19. The number of carbonyl (C=O) groups excluding carboxylic acids is 1. The lowest BCUT2D eigenvalue weighted by Crippen LogP contribution is -2.26. The van der Waals surface area contributed by atoms with Gasteiger partial charge in [-0.15, -0.1) is 11.3 Å². The molecule has 2 aromatic heterocycles. The largest absolute Gasteiger partial charge is 0.443 e. The molecule has 0 saturated heterocycles. The second-order valence-corrected chi connectivity index (χ2v) is 7.49. The van der Waals surface area contributed by atoms with Crippen molar-refractivity contribution in [1.29, 1.82) is 0 Å². The molecule has 1 aromatic carbocycles. The standard InChI is InChI=1S/C18H16F3NO2S/c1-17(2,3)24-16(23)22-10-13(11-6-4-5-7-14(11)22)12-8-9-25-15(12)18(19,20)21/h4-10H,1-3H3. The Balaban J connectivity index is 2.19. The predicted octanol–water partition coefficient (Wildman–Crippen LogP) is 6.17. The van der Waals surface area contributed by atoms with E-state index in [0.29, 0.717) is 27.8 Å². The molecule has 0 bridgehead atoms. The maximum atomic E-state index is 13.3. The van der Waals surface area contributed by atoms with E-state index in [-0.39, 0.29) is 5.56 Å². The minimum absolute atomic E-state index is 0.0657. The van der Waals surface area contributed by atoms with Crippen molar-refractivity contribution in [3.05, 3.63) is 46.8 Å². The Hall–Kier alpha value is -2.28. The van der Waals surface area contributed by atoms with Crippen molar-refractivity contribution in [2.75, 3.05) is 0 Å². The molecule has 25 heavy (non-hydrogen) atoms. The average molecular weight is 367 g/mol. The number of aromatic nitrogens is 1. The smallest absolute Gasteiger partial charge is 0.426 e. The molecule has 0 aliphatic rings. The van der Waals surface area contributed by atoms with Gasteiger partial charge in [-0.25, -0.2) is 4.79 Å². The number of halogens is 3. The topological polar surface area (TPSA) is 31.2 Å². The van der Waals surface area contributed by atoms with Crippen molar-refractivity contribution < 1.29 is 22.7 Å². The van der Waals surface area contributed by atoms with Gasteiger partial charge in [0.25, 0.3) is 0 Å². The number of para-hydroxylation sites is 1. The monoisotopic (exact) mass is 367 g/mol. The van der Waals surface area contributed by atoms with Crippen LogP contribution < -0.4 is 0 Å². The van der Waals surface area contributed by atoms with Gasteiger partial charge < -0.3 is 4.74 Å². The molecule has 0 aliphatic heterocycles. The summed E-state index contributed by atoms with van der Waals surface area (Å²) in [4.78, 5) is 11.8. The number of alkyl halides is 3. The summed E-state index contributed by atoms with van der Waals surface area (Å²) < 4.78 is 46.4. The summed E-state index contributed by atoms with van der Waals surface area (Å²) >= 11 is 0.637. The van der Waals surface area contributed by atoms with Crippen LogP contribution in [0.15, 0.2) is 41.9 Å². The summed E-state index contributed by atoms with van der Waals surface area (Å²) in [6.07, 6.45) is -3.66. The van der Waals surface area contributed by atoms with Crippen LogP contribution in [0.5, 0.6) is 0 Å². The Morgan fingerprint density at radius 1 is 1.08 bits per heavy atom. The molecule has 3 nitrogen and oxygen atoms in total. The fourth-order valence-corrected chi connectivity index (χ4v) is 3.38. The fourth-order valence-electron chi connectivity index (χ4n) is 2.60. The minimum Gasteiger partial charge on any atom is -0.443 e. The Morgan fingerprint density at radius 3 is 2.40 bits per heavy atom. The van der Waals surface area contributed by atoms with Crippen LogP contribution in [0.25, 0.3) is 22.0 Å². The van der Waals surface area contributed by atoms with Crippen LogP contribution in [-0.4, -0.2) is 16.3 Å². The quantitative estimate of drug-likeness (QED) is 0.515.